The van der Waals surface area contributed by atoms with Gasteiger partial charge in [0.05, 0.1) is 5.56 Å². The number of esters is 2. The van der Waals surface area contributed by atoms with Crippen LogP contribution in [0.15, 0.2) is 30.3 Å². The Labute approximate surface area is 135 Å². The van der Waals surface area contributed by atoms with Gasteiger partial charge >= 0.3 is 11.9 Å². The van der Waals surface area contributed by atoms with Gasteiger partial charge in [-0.15, -0.1) is 0 Å². The van der Waals surface area contributed by atoms with E-state index in [1.807, 2.05) is 6.07 Å². The molecule has 3 aliphatic rings. The third-order valence-electron chi connectivity index (χ3n) is 4.77. The summed E-state index contributed by atoms with van der Waals surface area (Å²) >= 11 is 0. The van der Waals surface area contributed by atoms with Crippen LogP contribution in [0.2, 0.25) is 0 Å². The van der Waals surface area contributed by atoms with E-state index in [1.54, 1.807) is 24.3 Å². The molecule has 3 fully saturated rings. The number of aliphatic hydroxyl groups is 1. The Morgan fingerprint density at radius 1 is 1.35 bits per heavy atom. The van der Waals surface area contributed by atoms with Crippen molar-refractivity contribution >= 4 is 11.9 Å². The molecular weight excluding hydrogens is 296 g/mol. The minimum absolute atomic E-state index is 0.188. The summed E-state index contributed by atoms with van der Waals surface area (Å²) in [5, 5.41) is 10.4. The lowest BCUT2D eigenvalue weighted by atomic mass is 9.68. The number of benzene rings is 1. The number of carbonyl (C=O) groups excluding carboxylic acids is 2. The summed E-state index contributed by atoms with van der Waals surface area (Å²) in [6.07, 6.45) is 1.61. The fourth-order valence-electron chi connectivity index (χ4n) is 3.60. The number of hydrogen-bond acceptors (Lipinski definition) is 5. The van der Waals surface area contributed by atoms with Crippen LogP contribution in [0.3, 0.4) is 0 Å². The normalized spacial score (nSPS) is 32.7. The van der Waals surface area contributed by atoms with E-state index in [-0.39, 0.29) is 18.8 Å². The highest BCUT2D eigenvalue weighted by molar-refractivity contribution is 5.90. The third kappa shape index (κ3) is 2.85. The minimum atomic E-state index is -1.43. The molecule has 0 aromatic heterocycles. The van der Waals surface area contributed by atoms with E-state index in [2.05, 4.69) is 13.8 Å². The van der Waals surface area contributed by atoms with E-state index in [4.69, 9.17) is 9.47 Å². The van der Waals surface area contributed by atoms with Crippen LogP contribution in [0.4, 0.5) is 0 Å². The van der Waals surface area contributed by atoms with Crippen LogP contribution in [0.25, 0.3) is 0 Å². The molecule has 2 heterocycles. The first-order valence-corrected chi connectivity index (χ1v) is 8.09. The van der Waals surface area contributed by atoms with Gasteiger partial charge in [-0.05, 0) is 37.3 Å². The average Bonchev–Trinajstić information content (AvgIpc) is 2.50. The van der Waals surface area contributed by atoms with Gasteiger partial charge in [-0.2, -0.15) is 0 Å². The molecule has 5 nitrogen and oxygen atoms in total. The molecule has 0 unspecified atom stereocenters. The molecule has 5 heteroatoms. The van der Waals surface area contributed by atoms with Crippen molar-refractivity contribution in [1.82, 2.24) is 0 Å². The Morgan fingerprint density at radius 3 is 2.65 bits per heavy atom. The highest BCUT2D eigenvalue weighted by atomic mass is 16.7. The Hall–Kier alpha value is -1.88. The molecule has 2 bridgehead atoms. The molecule has 0 radical (unpaired) electrons. The van der Waals surface area contributed by atoms with Gasteiger partial charge in [-0.25, -0.2) is 9.59 Å². The third-order valence-corrected chi connectivity index (χ3v) is 4.77. The van der Waals surface area contributed by atoms with E-state index >= 15 is 0 Å². The van der Waals surface area contributed by atoms with Crippen molar-refractivity contribution in [2.45, 2.75) is 50.9 Å². The first-order chi connectivity index (χ1) is 10.8. The molecule has 1 saturated carbocycles. The van der Waals surface area contributed by atoms with E-state index in [1.165, 1.54) is 0 Å². The lowest BCUT2D eigenvalue weighted by Gasteiger charge is -2.52. The molecule has 0 amide bonds. The van der Waals surface area contributed by atoms with Crippen molar-refractivity contribution in [3.63, 3.8) is 0 Å². The predicted molar refractivity (Wildman–Crippen MR) is 82.4 cm³/mol. The van der Waals surface area contributed by atoms with E-state index in [0.29, 0.717) is 17.9 Å². The highest BCUT2D eigenvalue weighted by Crippen LogP contribution is 2.51. The quantitative estimate of drug-likeness (QED) is 0.864. The Kier molecular flexibility index (Phi) is 3.92. The molecule has 124 valence electrons. The number of rotatable bonds is 4. The zero-order valence-corrected chi connectivity index (χ0v) is 13.5. The van der Waals surface area contributed by atoms with Crippen LogP contribution in [0.1, 0.15) is 49.9 Å². The van der Waals surface area contributed by atoms with Crippen molar-refractivity contribution in [3.8, 4) is 0 Å². The van der Waals surface area contributed by atoms with Crippen molar-refractivity contribution < 1.29 is 24.2 Å². The van der Waals surface area contributed by atoms with Gasteiger partial charge in [0, 0.05) is 12.3 Å². The smallest absolute Gasteiger partial charge is 0.341 e. The molecule has 1 aromatic carbocycles. The van der Waals surface area contributed by atoms with Crippen LogP contribution in [-0.4, -0.2) is 28.4 Å². The van der Waals surface area contributed by atoms with Gasteiger partial charge in [-0.3, -0.25) is 0 Å². The fourth-order valence-corrected chi connectivity index (χ4v) is 3.60. The molecule has 23 heavy (non-hydrogen) atoms. The maximum absolute atomic E-state index is 12.4. The Bertz CT molecular complexity index is 611. The molecule has 2 aliphatic heterocycles. The molecule has 3 atom stereocenters. The second-order valence-electron chi connectivity index (χ2n) is 7.02. The molecule has 1 aromatic rings. The lowest BCUT2D eigenvalue weighted by Crippen LogP contribution is -2.64. The molecule has 2 saturated heterocycles. The zero-order valence-electron chi connectivity index (χ0n) is 13.5. The van der Waals surface area contributed by atoms with Crippen molar-refractivity contribution in [3.05, 3.63) is 35.9 Å². The van der Waals surface area contributed by atoms with Crippen molar-refractivity contribution in [1.29, 1.82) is 0 Å². The monoisotopic (exact) mass is 318 g/mol. The van der Waals surface area contributed by atoms with Crippen LogP contribution >= 0.6 is 0 Å². The lowest BCUT2D eigenvalue weighted by molar-refractivity contribution is -0.301. The number of carbonyl (C=O) groups is 2. The maximum atomic E-state index is 12.4. The van der Waals surface area contributed by atoms with Crippen molar-refractivity contribution in [2.75, 3.05) is 0 Å². The summed E-state index contributed by atoms with van der Waals surface area (Å²) in [7, 11) is 0. The summed E-state index contributed by atoms with van der Waals surface area (Å²) in [6.45, 7) is 4.11. The zero-order chi connectivity index (χ0) is 16.7. The van der Waals surface area contributed by atoms with E-state index in [9.17, 15) is 14.7 Å². The van der Waals surface area contributed by atoms with Gasteiger partial charge in [0.25, 0.3) is 5.79 Å². The van der Waals surface area contributed by atoms with Crippen LogP contribution in [0, 0.1) is 11.8 Å². The standard InChI is InChI=1S/C18H22O5/c1-12(2)10-14-11-17(21)8-9-18(14,23-16(17)20)22-15(19)13-6-4-3-5-7-13/h3-7,12,14,21H,8-11H2,1-2H3/t14-,17+,18+/m0/s1. The minimum Gasteiger partial charge on any atom is -0.420 e. The Balaban J connectivity index is 1.86. The van der Waals surface area contributed by atoms with Crippen LogP contribution < -0.4 is 0 Å². The largest absolute Gasteiger partial charge is 0.420 e. The summed E-state index contributed by atoms with van der Waals surface area (Å²) in [4.78, 5) is 24.5. The summed E-state index contributed by atoms with van der Waals surface area (Å²) in [5.74, 6) is -2.27. The molecule has 0 spiro atoms. The van der Waals surface area contributed by atoms with Gasteiger partial charge < -0.3 is 14.6 Å². The molecular formula is C18H22O5. The Morgan fingerprint density at radius 2 is 2.04 bits per heavy atom. The maximum Gasteiger partial charge on any atom is 0.341 e. The SMILES string of the molecule is CC(C)C[C@H]1C[C@]2(O)CC[C@@]1(OC(=O)c1ccccc1)OC2=O. The van der Waals surface area contributed by atoms with E-state index in [0.717, 1.165) is 6.42 Å². The molecule has 4 rings (SSSR count). The summed E-state index contributed by atoms with van der Waals surface area (Å²) in [6, 6.07) is 8.66. The summed E-state index contributed by atoms with van der Waals surface area (Å²) in [5.41, 5.74) is -1.01. The average molecular weight is 318 g/mol. The van der Waals surface area contributed by atoms with Gasteiger partial charge in [-0.1, -0.05) is 32.0 Å². The predicted octanol–water partition coefficient (Wildman–Crippen LogP) is 2.67. The van der Waals surface area contributed by atoms with Crippen molar-refractivity contribution in [2.24, 2.45) is 11.8 Å². The van der Waals surface area contributed by atoms with Crippen LogP contribution in [0.5, 0.6) is 0 Å². The number of hydrogen-bond donors (Lipinski definition) is 1. The second-order valence-corrected chi connectivity index (χ2v) is 7.02. The van der Waals surface area contributed by atoms with Gasteiger partial charge in [0.1, 0.15) is 0 Å². The van der Waals surface area contributed by atoms with Gasteiger partial charge in [0.2, 0.25) is 0 Å². The number of ether oxygens (including phenoxy) is 2. The molecule has 1 aliphatic carbocycles. The van der Waals surface area contributed by atoms with Gasteiger partial charge in [0.15, 0.2) is 5.60 Å². The number of fused-ring (bicyclic) bond motifs is 3. The first kappa shape index (κ1) is 16.0. The summed E-state index contributed by atoms with van der Waals surface area (Å²) < 4.78 is 11.1. The first-order valence-electron chi connectivity index (χ1n) is 8.09. The molecule has 1 N–H and O–H groups in total. The highest BCUT2D eigenvalue weighted by Gasteiger charge is 2.63. The second kappa shape index (κ2) is 5.64. The van der Waals surface area contributed by atoms with E-state index < -0.39 is 23.3 Å². The fraction of sp³-hybridized carbons (Fsp3) is 0.556. The topological polar surface area (TPSA) is 72.8 Å². The van der Waals surface area contributed by atoms with Crippen LogP contribution in [-0.2, 0) is 14.3 Å².